The average Bonchev–Trinajstić information content (AvgIpc) is 3.09. The predicted octanol–water partition coefficient (Wildman–Crippen LogP) is 2.24. The van der Waals surface area contributed by atoms with Crippen molar-refractivity contribution in [2.24, 2.45) is 0 Å². The number of carboxylic acid groups (broad SMARTS) is 1. The van der Waals surface area contributed by atoms with E-state index >= 15 is 0 Å². The summed E-state index contributed by atoms with van der Waals surface area (Å²) in [4.78, 5) is 11.3. The second-order valence-corrected chi connectivity index (χ2v) is 8.78. The number of hydrogen-bond donors (Lipinski definition) is 1. The van der Waals surface area contributed by atoms with Crippen LogP contribution in [-0.4, -0.2) is 66.3 Å². The largest absolute Gasteiger partial charge is 0.490 e. The molecule has 1 N–H and O–H groups in total. The van der Waals surface area contributed by atoms with Crippen molar-refractivity contribution in [2.45, 2.75) is 44.6 Å². The molecule has 152 valence electrons. The van der Waals surface area contributed by atoms with E-state index in [4.69, 9.17) is 9.90 Å². The summed E-state index contributed by atoms with van der Waals surface area (Å²) in [7, 11) is -3.05. The van der Waals surface area contributed by atoms with Crippen molar-refractivity contribution in [3.05, 3.63) is 35.4 Å². The zero-order valence-corrected chi connectivity index (χ0v) is 15.9. The van der Waals surface area contributed by atoms with E-state index in [1.807, 2.05) is 0 Å². The lowest BCUT2D eigenvalue weighted by Gasteiger charge is -2.24. The highest BCUT2D eigenvalue weighted by atomic mass is 32.2. The lowest BCUT2D eigenvalue weighted by molar-refractivity contribution is -0.192. The lowest BCUT2D eigenvalue weighted by Crippen LogP contribution is -2.38. The maximum atomic E-state index is 11.8. The van der Waals surface area contributed by atoms with E-state index in [0.29, 0.717) is 12.6 Å². The first-order valence-corrected chi connectivity index (χ1v) is 10.3. The molecule has 2 aliphatic heterocycles. The quantitative estimate of drug-likeness (QED) is 0.830. The van der Waals surface area contributed by atoms with Crippen LogP contribution in [0.5, 0.6) is 0 Å². The molecule has 0 bridgehead atoms. The molecule has 2 heterocycles. The van der Waals surface area contributed by atoms with Crippen LogP contribution in [0.3, 0.4) is 0 Å². The van der Waals surface area contributed by atoms with Crippen molar-refractivity contribution in [3.8, 4) is 0 Å². The predicted molar refractivity (Wildman–Crippen MR) is 93.6 cm³/mol. The molecule has 3 rings (SSSR count). The second kappa shape index (κ2) is 8.15. The molecule has 2 fully saturated rings. The smallest absolute Gasteiger partial charge is 0.475 e. The Balaban J connectivity index is 0.000000321. The standard InChI is InChI=1S/C15H22N2O2S.C2HF3O2/c1-12-4-3-5-13(10-12)11-16-8-6-15-14(16)7-9-17(15)20(2,18)19;3-2(4,5)1(6)7/h3-5,10,14-15H,6-9,11H2,1-2H3;(H,6,7)/t14-,15+;/m1./s1. The fourth-order valence-electron chi connectivity index (χ4n) is 3.69. The number of benzene rings is 1. The Morgan fingerprint density at radius 3 is 2.33 bits per heavy atom. The van der Waals surface area contributed by atoms with Gasteiger partial charge in [-0.1, -0.05) is 29.8 Å². The van der Waals surface area contributed by atoms with Gasteiger partial charge in [0.1, 0.15) is 0 Å². The zero-order chi connectivity index (χ0) is 20.4. The molecule has 0 radical (unpaired) electrons. The van der Waals surface area contributed by atoms with Crippen LogP contribution in [0.2, 0.25) is 0 Å². The Bertz CT molecular complexity index is 783. The van der Waals surface area contributed by atoms with Gasteiger partial charge in [0, 0.05) is 31.7 Å². The van der Waals surface area contributed by atoms with Crippen LogP contribution in [0, 0.1) is 6.92 Å². The number of fused-ring (bicyclic) bond motifs is 1. The molecular formula is C17H23F3N2O4S. The van der Waals surface area contributed by atoms with Gasteiger partial charge in [0.25, 0.3) is 0 Å². The fraction of sp³-hybridized carbons (Fsp3) is 0.588. The van der Waals surface area contributed by atoms with Crippen LogP contribution in [-0.2, 0) is 21.4 Å². The minimum absolute atomic E-state index is 0.190. The van der Waals surface area contributed by atoms with Gasteiger partial charge < -0.3 is 5.11 Å². The Morgan fingerprint density at radius 1 is 1.22 bits per heavy atom. The summed E-state index contributed by atoms with van der Waals surface area (Å²) in [5, 5.41) is 7.12. The molecule has 6 nitrogen and oxygen atoms in total. The lowest BCUT2D eigenvalue weighted by atomic mass is 10.1. The summed E-state index contributed by atoms with van der Waals surface area (Å²) in [6.45, 7) is 4.71. The monoisotopic (exact) mass is 408 g/mol. The summed E-state index contributed by atoms with van der Waals surface area (Å²) in [6.07, 6.45) is -1.83. The van der Waals surface area contributed by atoms with E-state index in [1.54, 1.807) is 4.31 Å². The number of rotatable bonds is 3. The number of alkyl halides is 3. The van der Waals surface area contributed by atoms with Crippen molar-refractivity contribution in [1.29, 1.82) is 0 Å². The third-order valence-electron chi connectivity index (χ3n) is 4.78. The molecule has 0 unspecified atom stereocenters. The van der Waals surface area contributed by atoms with E-state index in [2.05, 4.69) is 36.1 Å². The summed E-state index contributed by atoms with van der Waals surface area (Å²) in [5.74, 6) is -2.76. The fourth-order valence-corrected chi connectivity index (χ4v) is 4.86. The molecule has 1 aromatic rings. The molecule has 0 amide bonds. The molecule has 0 spiro atoms. The SMILES string of the molecule is Cc1cccc(CN2CC[C@H]3[C@H]2CCN3S(C)(=O)=O)c1.O=C(O)C(F)(F)F. The molecule has 2 saturated heterocycles. The first kappa shape index (κ1) is 21.6. The molecule has 0 aromatic heterocycles. The van der Waals surface area contributed by atoms with Crippen LogP contribution in [0.15, 0.2) is 24.3 Å². The molecule has 10 heteroatoms. The van der Waals surface area contributed by atoms with E-state index < -0.39 is 22.2 Å². The summed E-state index contributed by atoms with van der Waals surface area (Å²) < 4.78 is 57.0. The van der Waals surface area contributed by atoms with E-state index in [1.165, 1.54) is 17.4 Å². The van der Waals surface area contributed by atoms with Crippen molar-refractivity contribution in [1.82, 2.24) is 9.21 Å². The third-order valence-corrected chi connectivity index (χ3v) is 6.08. The molecule has 0 aliphatic carbocycles. The Hall–Kier alpha value is -1.65. The number of sulfonamides is 1. The van der Waals surface area contributed by atoms with Crippen LogP contribution >= 0.6 is 0 Å². The molecule has 27 heavy (non-hydrogen) atoms. The van der Waals surface area contributed by atoms with E-state index in [0.717, 1.165) is 25.9 Å². The van der Waals surface area contributed by atoms with Gasteiger partial charge >= 0.3 is 12.1 Å². The number of nitrogens with zero attached hydrogens (tertiary/aromatic N) is 2. The van der Waals surface area contributed by atoms with Crippen molar-refractivity contribution >= 4 is 16.0 Å². The Morgan fingerprint density at radius 2 is 1.81 bits per heavy atom. The Kier molecular flexibility index (Phi) is 6.54. The summed E-state index contributed by atoms with van der Waals surface area (Å²) in [6, 6.07) is 9.16. The second-order valence-electron chi connectivity index (χ2n) is 6.85. The number of hydrogen-bond acceptors (Lipinski definition) is 4. The number of aryl methyl sites for hydroxylation is 1. The Labute approximate surface area is 156 Å². The van der Waals surface area contributed by atoms with Gasteiger partial charge in [-0.2, -0.15) is 17.5 Å². The average molecular weight is 408 g/mol. The highest BCUT2D eigenvalue weighted by Crippen LogP contribution is 2.34. The van der Waals surface area contributed by atoms with Gasteiger partial charge in [0.2, 0.25) is 10.0 Å². The van der Waals surface area contributed by atoms with Crippen LogP contribution in [0.25, 0.3) is 0 Å². The van der Waals surface area contributed by atoms with Crippen LogP contribution in [0.1, 0.15) is 24.0 Å². The van der Waals surface area contributed by atoms with Gasteiger partial charge in [0.15, 0.2) is 0 Å². The van der Waals surface area contributed by atoms with Gasteiger partial charge in [-0.15, -0.1) is 0 Å². The van der Waals surface area contributed by atoms with Gasteiger partial charge in [-0.05, 0) is 25.3 Å². The first-order valence-electron chi connectivity index (χ1n) is 8.46. The minimum atomic E-state index is -5.08. The number of halogens is 3. The normalized spacial score (nSPS) is 23.6. The maximum Gasteiger partial charge on any atom is 0.490 e. The van der Waals surface area contributed by atoms with Crippen molar-refractivity contribution in [2.75, 3.05) is 19.3 Å². The van der Waals surface area contributed by atoms with Crippen LogP contribution < -0.4 is 0 Å². The van der Waals surface area contributed by atoms with Crippen molar-refractivity contribution in [3.63, 3.8) is 0 Å². The number of likely N-dealkylation sites (tertiary alicyclic amines) is 1. The molecule has 0 saturated carbocycles. The number of aliphatic carboxylic acids is 1. The van der Waals surface area contributed by atoms with Gasteiger partial charge in [-0.3, -0.25) is 4.90 Å². The highest BCUT2D eigenvalue weighted by molar-refractivity contribution is 7.88. The number of carboxylic acids is 1. The van der Waals surface area contributed by atoms with E-state index in [9.17, 15) is 21.6 Å². The van der Waals surface area contributed by atoms with Gasteiger partial charge in [-0.25, -0.2) is 13.2 Å². The van der Waals surface area contributed by atoms with Gasteiger partial charge in [0.05, 0.1) is 6.26 Å². The highest BCUT2D eigenvalue weighted by Gasteiger charge is 2.45. The number of carbonyl (C=O) groups is 1. The zero-order valence-electron chi connectivity index (χ0n) is 15.1. The third kappa shape index (κ3) is 5.66. The summed E-state index contributed by atoms with van der Waals surface area (Å²) >= 11 is 0. The topological polar surface area (TPSA) is 77.9 Å². The minimum Gasteiger partial charge on any atom is -0.475 e. The molecule has 1 aromatic carbocycles. The van der Waals surface area contributed by atoms with Crippen LogP contribution in [0.4, 0.5) is 13.2 Å². The maximum absolute atomic E-state index is 11.8. The summed E-state index contributed by atoms with van der Waals surface area (Å²) in [5.41, 5.74) is 2.60. The molecular weight excluding hydrogens is 385 g/mol. The molecule has 2 aliphatic rings. The molecule has 2 atom stereocenters. The van der Waals surface area contributed by atoms with Crippen molar-refractivity contribution < 1.29 is 31.5 Å². The first-order chi connectivity index (χ1) is 12.4. The van der Waals surface area contributed by atoms with E-state index in [-0.39, 0.29) is 6.04 Å².